The fraction of sp³-hybridized carbons (Fsp3) is 0.394. The third-order valence-electron chi connectivity index (χ3n) is 7.60. The van der Waals surface area contributed by atoms with Crippen molar-refractivity contribution in [1.82, 2.24) is 20.3 Å². The molecule has 0 atom stereocenters. The lowest BCUT2D eigenvalue weighted by molar-refractivity contribution is 0.0492. The van der Waals surface area contributed by atoms with Crippen LogP contribution in [0, 0.1) is 6.92 Å². The van der Waals surface area contributed by atoms with E-state index in [1.165, 1.54) is 6.07 Å². The van der Waals surface area contributed by atoms with Crippen LogP contribution in [0.25, 0.3) is 22.0 Å². The van der Waals surface area contributed by atoms with Crippen LogP contribution < -0.4 is 15.4 Å². The number of pyridine rings is 1. The number of amides is 1. The number of benzene rings is 2. The van der Waals surface area contributed by atoms with Crippen LogP contribution in [0.5, 0.6) is 0 Å². The Morgan fingerprint density at radius 2 is 1.68 bits per heavy atom. The van der Waals surface area contributed by atoms with Crippen molar-refractivity contribution in [3.63, 3.8) is 0 Å². The summed E-state index contributed by atoms with van der Waals surface area (Å²) in [6, 6.07) is 16.5. The highest BCUT2D eigenvalue weighted by atomic mass is 32.2. The Labute approximate surface area is 259 Å². The van der Waals surface area contributed by atoms with Crippen LogP contribution in [0.1, 0.15) is 64.6 Å². The number of carbonyl (C=O) groups excluding carboxylic acids is 1. The maximum absolute atomic E-state index is 12.9. The highest BCUT2D eigenvalue weighted by molar-refractivity contribution is 7.92. The van der Waals surface area contributed by atoms with Crippen molar-refractivity contribution < 1.29 is 17.9 Å². The minimum absolute atomic E-state index is 0.0344. The summed E-state index contributed by atoms with van der Waals surface area (Å²) < 4.78 is 33.8. The third-order valence-corrected chi connectivity index (χ3v) is 8.88. The minimum Gasteiger partial charge on any atom is -0.444 e. The molecule has 1 amide bonds. The van der Waals surface area contributed by atoms with E-state index in [1.807, 2.05) is 46.0 Å². The molecule has 3 N–H and O–H groups in total. The Bertz CT molecular complexity index is 1750. The van der Waals surface area contributed by atoms with Crippen molar-refractivity contribution in [3.8, 4) is 11.1 Å². The summed E-state index contributed by atoms with van der Waals surface area (Å²) in [5, 5.41) is 7.34. The number of anilines is 2. The lowest BCUT2D eigenvalue weighted by atomic mass is 9.91. The van der Waals surface area contributed by atoms with Crippen molar-refractivity contribution in [2.75, 3.05) is 10.0 Å². The summed E-state index contributed by atoms with van der Waals surface area (Å²) in [7, 11) is -3.83. The lowest BCUT2D eigenvalue weighted by Gasteiger charge is -2.30. The van der Waals surface area contributed by atoms with Crippen molar-refractivity contribution in [2.24, 2.45) is 0 Å². The number of rotatable bonds is 8. The van der Waals surface area contributed by atoms with E-state index in [1.54, 1.807) is 30.3 Å². The van der Waals surface area contributed by atoms with E-state index in [0.29, 0.717) is 17.3 Å². The molecule has 4 aromatic rings. The number of aromatic nitrogens is 3. The predicted octanol–water partition coefficient (Wildman–Crippen LogP) is 6.61. The Morgan fingerprint density at radius 3 is 2.34 bits per heavy atom. The van der Waals surface area contributed by atoms with Gasteiger partial charge in [-0.25, -0.2) is 19.7 Å². The molecule has 1 aliphatic carbocycles. The Balaban J connectivity index is 1.29. The molecule has 1 fully saturated rings. The van der Waals surface area contributed by atoms with Crippen LogP contribution in [-0.2, 0) is 21.2 Å². The second-order valence-electron chi connectivity index (χ2n) is 12.2. The number of fused-ring (bicyclic) bond motifs is 1. The average Bonchev–Trinajstić information content (AvgIpc) is 2.97. The zero-order valence-corrected chi connectivity index (χ0v) is 26.7. The van der Waals surface area contributed by atoms with Crippen LogP contribution in [0.3, 0.4) is 0 Å². The first-order valence-electron chi connectivity index (χ1n) is 15.0. The standard InChI is InChI=1S/C33H40N6O4S/c1-6-22-18-23(28-16-17-29(35-21(28)2)44(41,42)39-27-10-8-7-9-11-27)19-24-20-34-31(38-30(22)24)36-25-12-14-26(15-13-25)37-32(40)43-33(3,4)5/h7-11,16-20,25-26,39H,6,12-15H2,1-5H3,(H,37,40)(H,34,36,38). The number of aryl methyl sites for hydroxylation is 2. The number of hydrogen-bond donors (Lipinski definition) is 3. The third kappa shape index (κ3) is 7.63. The summed E-state index contributed by atoms with van der Waals surface area (Å²) in [6.45, 7) is 9.48. The first kappa shape index (κ1) is 31.2. The van der Waals surface area contributed by atoms with E-state index in [9.17, 15) is 13.2 Å². The summed E-state index contributed by atoms with van der Waals surface area (Å²) in [4.78, 5) is 26.1. The fourth-order valence-corrected chi connectivity index (χ4v) is 6.51. The molecule has 2 aromatic carbocycles. The molecule has 0 unspecified atom stereocenters. The van der Waals surface area contributed by atoms with Gasteiger partial charge in [0.25, 0.3) is 10.0 Å². The molecule has 2 aromatic heterocycles. The van der Waals surface area contributed by atoms with E-state index >= 15 is 0 Å². The molecule has 5 rings (SSSR count). The number of carbonyl (C=O) groups is 1. The molecule has 10 nitrogen and oxygen atoms in total. The zero-order chi connectivity index (χ0) is 31.5. The van der Waals surface area contributed by atoms with Crippen LogP contribution in [-0.4, -0.2) is 47.1 Å². The molecule has 0 saturated heterocycles. The van der Waals surface area contributed by atoms with Gasteiger partial charge in [0.15, 0.2) is 5.03 Å². The normalized spacial score (nSPS) is 17.2. The van der Waals surface area contributed by atoms with Crippen LogP contribution in [0.4, 0.5) is 16.4 Å². The van der Waals surface area contributed by atoms with E-state index in [0.717, 1.165) is 59.7 Å². The number of sulfonamides is 1. The number of para-hydroxylation sites is 1. The molecule has 1 aliphatic rings. The van der Waals surface area contributed by atoms with E-state index < -0.39 is 15.6 Å². The van der Waals surface area contributed by atoms with Gasteiger partial charge in [-0.15, -0.1) is 0 Å². The summed E-state index contributed by atoms with van der Waals surface area (Å²) in [5.74, 6) is 0.585. The van der Waals surface area contributed by atoms with Gasteiger partial charge >= 0.3 is 6.09 Å². The van der Waals surface area contributed by atoms with E-state index in [2.05, 4.69) is 38.3 Å². The molecule has 0 spiro atoms. The van der Waals surface area contributed by atoms with Gasteiger partial charge in [0.1, 0.15) is 5.60 Å². The maximum atomic E-state index is 12.9. The summed E-state index contributed by atoms with van der Waals surface area (Å²) >= 11 is 0. The monoisotopic (exact) mass is 616 g/mol. The SMILES string of the molecule is CCc1cc(-c2ccc(S(=O)(=O)Nc3ccccc3)nc2C)cc2cnc(NC3CCC(NC(=O)OC(C)(C)C)CC3)nc12. The second kappa shape index (κ2) is 12.8. The molecule has 11 heteroatoms. The quantitative estimate of drug-likeness (QED) is 0.201. The highest BCUT2D eigenvalue weighted by Crippen LogP contribution is 2.31. The average molecular weight is 617 g/mol. The molecule has 0 aliphatic heterocycles. The molecular weight excluding hydrogens is 576 g/mol. The first-order valence-corrected chi connectivity index (χ1v) is 16.5. The number of hydrogen-bond acceptors (Lipinski definition) is 8. The van der Waals surface area contributed by atoms with Crippen molar-refractivity contribution >= 4 is 38.7 Å². The summed E-state index contributed by atoms with van der Waals surface area (Å²) in [6.07, 6.45) is 5.70. The van der Waals surface area contributed by atoms with Gasteiger partial charge in [0, 0.05) is 40.6 Å². The van der Waals surface area contributed by atoms with Crippen LogP contribution >= 0.6 is 0 Å². The Morgan fingerprint density at radius 1 is 0.977 bits per heavy atom. The van der Waals surface area contributed by atoms with Crippen molar-refractivity contribution in [2.45, 2.75) is 89.4 Å². The highest BCUT2D eigenvalue weighted by Gasteiger charge is 2.25. The van der Waals surface area contributed by atoms with Crippen LogP contribution in [0.15, 0.2) is 65.8 Å². The fourth-order valence-electron chi connectivity index (χ4n) is 5.46. The minimum atomic E-state index is -3.83. The van der Waals surface area contributed by atoms with Gasteiger partial charge < -0.3 is 15.4 Å². The molecule has 1 saturated carbocycles. The van der Waals surface area contributed by atoms with E-state index in [4.69, 9.17) is 9.72 Å². The van der Waals surface area contributed by atoms with Gasteiger partial charge in [-0.05, 0) is 107 Å². The van der Waals surface area contributed by atoms with Crippen LogP contribution in [0.2, 0.25) is 0 Å². The Hall–Kier alpha value is -4.25. The molecule has 232 valence electrons. The topological polar surface area (TPSA) is 135 Å². The largest absolute Gasteiger partial charge is 0.444 e. The van der Waals surface area contributed by atoms with Gasteiger partial charge in [-0.2, -0.15) is 8.42 Å². The number of nitrogens with zero attached hydrogens (tertiary/aromatic N) is 3. The number of nitrogens with one attached hydrogen (secondary N) is 3. The number of alkyl carbamates (subject to hydrolysis) is 1. The van der Waals surface area contributed by atoms with Gasteiger partial charge in [-0.3, -0.25) is 4.72 Å². The van der Waals surface area contributed by atoms with Gasteiger partial charge in [0.2, 0.25) is 5.95 Å². The zero-order valence-electron chi connectivity index (χ0n) is 25.8. The Kier molecular flexibility index (Phi) is 9.05. The molecule has 0 radical (unpaired) electrons. The van der Waals surface area contributed by atoms with Gasteiger partial charge in [-0.1, -0.05) is 25.1 Å². The lowest BCUT2D eigenvalue weighted by Crippen LogP contribution is -2.42. The van der Waals surface area contributed by atoms with Crippen molar-refractivity contribution in [3.05, 3.63) is 72.1 Å². The first-order chi connectivity index (χ1) is 20.9. The van der Waals surface area contributed by atoms with E-state index in [-0.39, 0.29) is 23.2 Å². The molecular formula is C33H40N6O4S. The molecule has 0 bridgehead atoms. The molecule has 44 heavy (non-hydrogen) atoms. The summed E-state index contributed by atoms with van der Waals surface area (Å²) in [5.41, 5.74) is 4.30. The second-order valence-corrected chi connectivity index (χ2v) is 13.8. The number of ether oxygens (including phenoxy) is 1. The smallest absolute Gasteiger partial charge is 0.407 e. The molecule has 2 heterocycles. The predicted molar refractivity (Wildman–Crippen MR) is 173 cm³/mol. The van der Waals surface area contributed by atoms with Gasteiger partial charge in [0.05, 0.1) is 5.52 Å². The van der Waals surface area contributed by atoms with Crippen molar-refractivity contribution in [1.29, 1.82) is 0 Å². The maximum Gasteiger partial charge on any atom is 0.407 e.